The van der Waals surface area contributed by atoms with Crippen LogP contribution in [0.15, 0.2) is 18.2 Å². The number of nitrogens with one attached hydrogen (secondary N) is 2. The summed E-state index contributed by atoms with van der Waals surface area (Å²) in [5.74, 6) is 1.10. The topological polar surface area (TPSA) is 119 Å². The number of amides is 1. The van der Waals surface area contributed by atoms with E-state index in [9.17, 15) is 4.79 Å². The van der Waals surface area contributed by atoms with Gasteiger partial charge in [0.2, 0.25) is 5.91 Å². The van der Waals surface area contributed by atoms with Gasteiger partial charge in [0.1, 0.15) is 5.75 Å². The van der Waals surface area contributed by atoms with Crippen LogP contribution in [0, 0.1) is 5.92 Å². The standard InChI is InChI=1S/C14H20N6O2/c1-9(2)8-22-12-5-3-10(7-11(12)15)4-6-13(21)16-14-17-19-20-18-14/h3,5,7,9H,4,6,8,15H2,1-2H3,(H2,16,17,18,19,20,21). The van der Waals surface area contributed by atoms with Gasteiger partial charge >= 0.3 is 0 Å². The molecule has 1 aromatic carbocycles. The molecule has 2 rings (SSSR count). The van der Waals surface area contributed by atoms with Gasteiger partial charge < -0.3 is 10.5 Å². The Morgan fingerprint density at radius 1 is 1.45 bits per heavy atom. The Morgan fingerprint density at radius 3 is 2.91 bits per heavy atom. The van der Waals surface area contributed by atoms with E-state index in [1.165, 1.54) is 0 Å². The van der Waals surface area contributed by atoms with Crippen LogP contribution in [-0.4, -0.2) is 33.1 Å². The van der Waals surface area contributed by atoms with Crippen LogP contribution in [0.2, 0.25) is 0 Å². The summed E-state index contributed by atoms with van der Waals surface area (Å²) < 4.78 is 5.62. The number of nitrogens with zero attached hydrogens (tertiary/aromatic N) is 3. The molecule has 118 valence electrons. The highest BCUT2D eigenvalue weighted by atomic mass is 16.5. The molecular weight excluding hydrogens is 284 g/mol. The van der Waals surface area contributed by atoms with Gasteiger partial charge in [0, 0.05) is 6.42 Å². The lowest BCUT2D eigenvalue weighted by Crippen LogP contribution is -2.13. The fraction of sp³-hybridized carbons (Fsp3) is 0.429. The summed E-state index contributed by atoms with van der Waals surface area (Å²) in [4.78, 5) is 11.7. The molecule has 0 radical (unpaired) electrons. The Kier molecular flexibility index (Phi) is 5.29. The quantitative estimate of drug-likeness (QED) is 0.665. The molecule has 0 unspecified atom stereocenters. The number of anilines is 2. The van der Waals surface area contributed by atoms with E-state index < -0.39 is 0 Å². The first-order chi connectivity index (χ1) is 10.5. The van der Waals surface area contributed by atoms with Crippen molar-refractivity contribution in [1.29, 1.82) is 0 Å². The predicted molar refractivity (Wildman–Crippen MR) is 82.3 cm³/mol. The van der Waals surface area contributed by atoms with Crippen LogP contribution in [0.5, 0.6) is 5.75 Å². The molecule has 0 aliphatic carbocycles. The van der Waals surface area contributed by atoms with Gasteiger partial charge in [-0.2, -0.15) is 5.21 Å². The second-order valence-electron chi connectivity index (χ2n) is 5.36. The van der Waals surface area contributed by atoms with Crippen molar-refractivity contribution in [3.8, 4) is 5.75 Å². The number of tetrazole rings is 1. The van der Waals surface area contributed by atoms with Gasteiger partial charge in [-0.25, -0.2) is 0 Å². The van der Waals surface area contributed by atoms with Gasteiger partial charge in [0.05, 0.1) is 12.3 Å². The van der Waals surface area contributed by atoms with Gasteiger partial charge in [-0.15, -0.1) is 5.10 Å². The number of H-pyrrole nitrogens is 1. The molecule has 0 bridgehead atoms. The third-order valence-corrected chi connectivity index (χ3v) is 2.88. The average molecular weight is 304 g/mol. The summed E-state index contributed by atoms with van der Waals surface area (Å²) >= 11 is 0. The third kappa shape index (κ3) is 4.72. The van der Waals surface area contributed by atoms with E-state index in [-0.39, 0.29) is 11.9 Å². The Labute approximate surface area is 128 Å². The molecule has 0 saturated carbocycles. The Morgan fingerprint density at radius 2 is 2.27 bits per heavy atom. The van der Waals surface area contributed by atoms with Crippen molar-refractivity contribution < 1.29 is 9.53 Å². The number of nitrogens with two attached hydrogens (primary N) is 1. The van der Waals surface area contributed by atoms with Crippen LogP contribution in [-0.2, 0) is 11.2 Å². The van der Waals surface area contributed by atoms with Gasteiger partial charge in [-0.05, 0) is 35.2 Å². The lowest BCUT2D eigenvalue weighted by Gasteiger charge is -2.12. The molecule has 2 aromatic rings. The molecular formula is C14H20N6O2. The fourth-order valence-corrected chi connectivity index (χ4v) is 1.80. The van der Waals surface area contributed by atoms with Crippen LogP contribution < -0.4 is 15.8 Å². The van der Waals surface area contributed by atoms with E-state index in [0.717, 1.165) is 5.56 Å². The van der Waals surface area contributed by atoms with E-state index >= 15 is 0 Å². The Hall–Kier alpha value is -2.64. The van der Waals surface area contributed by atoms with Gasteiger partial charge in [0.25, 0.3) is 5.95 Å². The number of carbonyl (C=O) groups is 1. The van der Waals surface area contributed by atoms with E-state index in [1.807, 2.05) is 18.2 Å². The van der Waals surface area contributed by atoms with Crippen LogP contribution in [0.3, 0.4) is 0 Å². The number of nitrogen functional groups attached to an aromatic ring is 1. The van der Waals surface area contributed by atoms with E-state index in [0.29, 0.717) is 36.8 Å². The number of aryl methyl sites for hydroxylation is 1. The molecule has 0 aliphatic rings. The van der Waals surface area contributed by atoms with Crippen molar-refractivity contribution in [3.63, 3.8) is 0 Å². The van der Waals surface area contributed by atoms with Crippen LogP contribution in [0.4, 0.5) is 11.6 Å². The van der Waals surface area contributed by atoms with Gasteiger partial charge in [0.15, 0.2) is 0 Å². The highest BCUT2D eigenvalue weighted by Gasteiger charge is 2.08. The summed E-state index contributed by atoms with van der Waals surface area (Å²) in [7, 11) is 0. The largest absolute Gasteiger partial charge is 0.491 e. The third-order valence-electron chi connectivity index (χ3n) is 2.88. The van der Waals surface area contributed by atoms with E-state index in [1.54, 1.807) is 0 Å². The van der Waals surface area contributed by atoms with E-state index in [4.69, 9.17) is 10.5 Å². The van der Waals surface area contributed by atoms with Crippen molar-refractivity contribution in [2.75, 3.05) is 17.7 Å². The molecule has 0 saturated heterocycles. The minimum absolute atomic E-state index is 0.168. The van der Waals surface area contributed by atoms with Crippen molar-refractivity contribution >= 4 is 17.5 Å². The molecule has 1 aromatic heterocycles. The number of aromatic nitrogens is 4. The first kappa shape index (κ1) is 15.7. The summed E-state index contributed by atoms with van der Waals surface area (Å²) in [6.45, 7) is 4.77. The molecule has 8 heteroatoms. The molecule has 4 N–H and O–H groups in total. The lowest BCUT2D eigenvalue weighted by molar-refractivity contribution is -0.116. The first-order valence-electron chi connectivity index (χ1n) is 7.09. The average Bonchev–Trinajstić information content (AvgIpc) is 2.96. The van der Waals surface area contributed by atoms with Crippen molar-refractivity contribution in [3.05, 3.63) is 23.8 Å². The van der Waals surface area contributed by atoms with Gasteiger partial charge in [-0.1, -0.05) is 25.0 Å². The smallest absolute Gasteiger partial charge is 0.269 e. The lowest BCUT2D eigenvalue weighted by atomic mass is 10.1. The number of ether oxygens (including phenoxy) is 1. The maximum atomic E-state index is 11.7. The van der Waals surface area contributed by atoms with Crippen molar-refractivity contribution in [2.24, 2.45) is 5.92 Å². The molecule has 0 spiro atoms. The SMILES string of the molecule is CC(C)COc1ccc(CCC(=O)Nc2nn[nH]n2)cc1N. The molecule has 22 heavy (non-hydrogen) atoms. The zero-order chi connectivity index (χ0) is 15.9. The highest BCUT2D eigenvalue weighted by molar-refractivity contribution is 5.88. The molecule has 0 fully saturated rings. The zero-order valence-corrected chi connectivity index (χ0v) is 12.7. The predicted octanol–water partition coefficient (Wildman–Crippen LogP) is 1.39. The molecule has 1 amide bonds. The van der Waals surface area contributed by atoms with E-state index in [2.05, 4.69) is 39.8 Å². The summed E-state index contributed by atoms with van der Waals surface area (Å²) in [5.41, 5.74) is 7.52. The summed E-state index contributed by atoms with van der Waals surface area (Å²) in [6, 6.07) is 5.58. The maximum Gasteiger partial charge on any atom is 0.269 e. The number of benzene rings is 1. The second-order valence-corrected chi connectivity index (χ2v) is 5.36. The molecule has 0 aliphatic heterocycles. The minimum Gasteiger partial charge on any atom is -0.491 e. The van der Waals surface area contributed by atoms with Gasteiger partial charge in [-0.3, -0.25) is 10.1 Å². The Balaban J connectivity index is 1.85. The molecule has 1 heterocycles. The maximum absolute atomic E-state index is 11.7. The van der Waals surface area contributed by atoms with Crippen molar-refractivity contribution in [2.45, 2.75) is 26.7 Å². The number of hydrogen-bond donors (Lipinski definition) is 3. The first-order valence-corrected chi connectivity index (χ1v) is 7.09. The van der Waals surface area contributed by atoms with Crippen LogP contribution >= 0.6 is 0 Å². The number of hydrogen-bond acceptors (Lipinski definition) is 6. The fourth-order valence-electron chi connectivity index (χ4n) is 1.80. The Bertz CT molecular complexity index is 612. The molecule has 0 atom stereocenters. The summed E-state index contributed by atoms with van der Waals surface area (Å²) in [5, 5.41) is 15.5. The summed E-state index contributed by atoms with van der Waals surface area (Å²) in [6.07, 6.45) is 0.874. The van der Waals surface area contributed by atoms with Crippen LogP contribution in [0.25, 0.3) is 0 Å². The second kappa shape index (κ2) is 7.39. The minimum atomic E-state index is -0.180. The zero-order valence-electron chi connectivity index (χ0n) is 12.7. The van der Waals surface area contributed by atoms with Crippen LogP contribution in [0.1, 0.15) is 25.8 Å². The molecule has 8 nitrogen and oxygen atoms in total. The monoisotopic (exact) mass is 304 g/mol. The number of rotatable bonds is 7. The van der Waals surface area contributed by atoms with Crippen molar-refractivity contribution in [1.82, 2.24) is 20.6 Å². The number of carbonyl (C=O) groups excluding carboxylic acids is 1. The number of aromatic amines is 1. The normalized spacial score (nSPS) is 10.7. The highest BCUT2D eigenvalue weighted by Crippen LogP contribution is 2.23.